The van der Waals surface area contributed by atoms with Gasteiger partial charge in [0.05, 0.1) is 25.2 Å². The predicted molar refractivity (Wildman–Crippen MR) is 141 cm³/mol. The van der Waals surface area contributed by atoms with E-state index in [4.69, 9.17) is 18.9 Å². The van der Waals surface area contributed by atoms with Gasteiger partial charge in [0.2, 0.25) is 15.8 Å². The van der Waals surface area contributed by atoms with Gasteiger partial charge in [-0.15, -0.1) is 0 Å². The van der Waals surface area contributed by atoms with E-state index in [0.29, 0.717) is 31.1 Å². The van der Waals surface area contributed by atoms with E-state index < -0.39 is 33.9 Å². The van der Waals surface area contributed by atoms with E-state index in [0.717, 1.165) is 11.1 Å². The number of benzene rings is 3. The van der Waals surface area contributed by atoms with Gasteiger partial charge in [0, 0.05) is 6.42 Å². The number of rotatable bonds is 11. The first-order valence-corrected chi connectivity index (χ1v) is 13.7. The van der Waals surface area contributed by atoms with Crippen LogP contribution in [-0.4, -0.2) is 57.8 Å². The Kier molecular flexibility index (Phi) is 8.68. The zero-order valence-electron chi connectivity index (χ0n) is 21.2. The molecule has 1 fully saturated rings. The van der Waals surface area contributed by atoms with Gasteiger partial charge in [0.1, 0.15) is 23.6 Å². The average molecular weight is 542 g/mol. The highest BCUT2D eigenvalue weighted by Crippen LogP contribution is 2.32. The molecule has 0 bridgehead atoms. The summed E-state index contributed by atoms with van der Waals surface area (Å²) in [4.78, 5) is 12.1. The molecule has 3 aromatic rings. The van der Waals surface area contributed by atoms with Crippen LogP contribution in [0.5, 0.6) is 11.5 Å². The first-order valence-electron chi connectivity index (χ1n) is 12.2. The summed E-state index contributed by atoms with van der Waals surface area (Å²) in [5.41, 5.74) is 1.68. The molecular weight excluding hydrogens is 510 g/mol. The summed E-state index contributed by atoms with van der Waals surface area (Å²) >= 11 is 0. The standard InChI is InChI=1S/C28H31NO8S/c1-20(37-24-7-4-3-5-8-24)28(35-17-6-18-36-28)19-26(27(30)31)29-38(32,33)25-15-11-22(12-16-25)21-9-13-23(34-2)14-10-21/h3-5,7-16,20,26,29H,6,17-19H2,1-2H3,(H,30,31). The Morgan fingerprint density at radius 1 is 0.947 bits per heavy atom. The van der Waals surface area contributed by atoms with Gasteiger partial charge in [0.25, 0.3) is 0 Å². The summed E-state index contributed by atoms with van der Waals surface area (Å²) in [5, 5.41) is 9.95. The van der Waals surface area contributed by atoms with E-state index in [1.54, 1.807) is 38.3 Å². The number of hydrogen-bond donors (Lipinski definition) is 2. The number of hydrogen-bond acceptors (Lipinski definition) is 7. The van der Waals surface area contributed by atoms with Crippen LogP contribution in [0.4, 0.5) is 0 Å². The summed E-state index contributed by atoms with van der Waals surface area (Å²) in [6, 6.07) is 21.0. The minimum absolute atomic E-state index is 0.0610. The third-order valence-corrected chi connectivity index (χ3v) is 7.82. The SMILES string of the molecule is COc1ccc(-c2ccc(S(=O)(=O)NC(CC3(C(C)Oc4ccccc4)OCCCO3)C(=O)O)cc2)cc1. The molecule has 4 rings (SSSR count). The molecule has 0 aromatic heterocycles. The Bertz CT molecular complexity index is 1310. The zero-order valence-corrected chi connectivity index (χ0v) is 22.0. The van der Waals surface area contributed by atoms with Crippen molar-refractivity contribution >= 4 is 16.0 Å². The Morgan fingerprint density at radius 3 is 2.08 bits per heavy atom. The molecule has 0 saturated carbocycles. The number of carboxylic acids is 1. The van der Waals surface area contributed by atoms with Gasteiger partial charge in [0.15, 0.2) is 0 Å². The Hall–Kier alpha value is -3.44. The van der Waals surface area contributed by atoms with E-state index in [1.807, 2.05) is 42.5 Å². The number of para-hydroxylation sites is 1. The zero-order chi connectivity index (χ0) is 27.2. The smallest absolute Gasteiger partial charge is 0.321 e. The topological polar surface area (TPSA) is 120 Å². The van der Waals surface area contributed by atoms with Crippen LogP contribution in [-0.2, 0) is 24.3 Å². The number of nitrogens with one attached hydrogen (secondary N) is 1. The Balaban J connectivity index is 1.52. The highest BCUT2D eigenvalue weighted by Gasteiger charge is 2.46. The van der Waals surface area contributed by atoms with Crippen molar-refractivity contribution in [3.8, 4) is 22.6 Å². The lowest BCUT2D eigenvalue weighted by atomic mass is 10.0. The first-order chi connectivity index (χ1) is 18.2. The lowest BCUT2D eigenvalue weighted by molar-refractivity contribution is -0.304. The molecule has 0 aliphatic carbocycles. The summed E-state index contributed by atoms with van der Waals surface area (Å²) in [6.07, 6.45) is -0.385. The van der Waals surface area contributed by atoms with Gasteiger partial charge in [-0.25, -0.2) is 8.42 Å². The number of methoxy groups -OCH3 is 1. The van der Waals surface area contributed by atoms with Crippen LogP contribution in [0.1, 0.15) is 19.8 Å². The van der Waals surface area contributed by atoms with Gasteiger partial charge in [-0.3, -0.25) is 4.79 Å². The van der Waals surface area contributed by atoms with Crippen LogP contribution in [0.25, 0.3) is 11.1 Å². The average Bonchev–Trinajstić information content (AvgIpc) is 2.93. The molecule has 2 atom stereocenters. The van der Waals surface area contributed by atoms with E-state index in [1.165, 1.54) is 12.1 Å². The van der Waals surface area contributed by atoms with Crippen LogP contribution in [0.15, 0.2) is 83.8 Å². The van der Waals surface area contributed by atoms with E-state index in [-0.39, 0.29) is 11.3 Å². The summed E-state index contributed by atoms with van der Waals surface area (Å²) in [6.45, 7) is 2.37. The van der Waals surface area contributed by atoms with Crippen molar-refractivity contribution in [2.24, 2.45) is 0 Å². The fourth-order valence-corrected chi connectivity index (χ4v) is 5.42. The number of carboxylic acid groups (broad SMARTS) is 1. The van der Waals surface area contributed by atoms with Crippen LogP contribution >= 0.6 is 0 Å². The van der Waals surface area contributed by atoms with Crippen molar-refractivity contribution < 1.29 is 37.3 Å². The highest BCUT2D eigenvalue weighted by atomic mass is 32.2. The summed E-state index contributed by atoms with van der Waals surface area (Å²) < 4.78 is 51.7. The third kappa shape index (κ3) is 6.51. The number of aliphatic carboxylic acids is 1. The van der Waals surface area contributed by atoms with Crippen molar-refractivity contribution in [2.75, 3.05) is 20.3 Å². The molecule has 1 heterocycles. The van der Waals surface area contributed by atoms with Crippen molar-refractivity contribution in [1.82, 2.24) is 4.72 Å². The molecule has 9 nitrogen and oxygen atoms in total. The van der Waals surface area contributed by atoms with Gasteiger partial charge in [-0.1, -0.05) is 42.5 Å². The van der Waals surface area contributed by atoms with Crippen molar-refractivity contribution in [1.29, 1.82) is 0 Å². The molecule has 1 saturated heterocycles. The van der Waals surface area contributed by atoms with E-state index in [2.05, 4.69) is 4.72 Å². The van der Waals surface area contributed by atoms with Crippen molar-refractivity contribution in [3.05, 3.63) is 78.9 Å². The first kappa shape index (κ1) is 27.6. The van der Waals surface area contributed by atoms with Crippen LogP contribution in [0.3, 0.4) is 0 Å². The molecular formula is C28H31NO8S. The van der Waals surface area contributed by atoms with Gasteiger partial charge in [-0.05, 0) is 60.9 Å². The second kappa shape index (κ2) is 12.0. The third-order valence-electron chi connectivity index (χ3n) is 6.33. The number of sulfonamides is 1. The Labute approximate surface area is 222 Å². The molecule has 3 aromatic carbocycles. The lowest BCUT2D eigenvalue weighted by Gasteiger charge is -2.42. The molecule has 0 radical (unpaired) electrons. The largest absolute Gasteiger partial charge is 0.497 e. The van der Waals surface area contributed by atoms with Crippen LogP contribution < -0.4 is 14.2 Å². The molecule has 38 heavy (non-hydrogen) atoms. The molecule has 0 amide bonds. The molecule has 2 N–H and O–H groups in total. The normalized spacial score (nSPS) is 16.8. The maximum atomic E-state index is 13.2. The van der Waals surface area contributed by atoms with Crippen LogP contribution in [0.2, 0.25) is 0 Å². The monoisotopic (exact) mass is 541 g/mol. The minimum Gasteiger partial charge on any atom is -0.497 e. The fraction of sp³-hybridized carbons (Fsp3) is 0.321. The Morgan fingerprint density at radius 2 is 1.53 bits per heavy atom. The van der Waals surface area contributed by atoms with Crippen molar-refractivity contribution in [3.63, 3.8) is 0 Å². The lowest BCUT2D eigenvalue weighted by Crippen LogP contribution is -2.57. The molecule has 2 unspecified atom stereocenters. The molecule has 1 aliphatic heterocycles. The van der Waals surface area contributed by atoms with Crippen LogP contribution in [0, 0.1) is 0 Å². The maximum absolute atomic E-state index is 13.2. The maximum Gasteiger partial charge on any atom is 0.321 e. The van der Waals surface area contributed by atoms with Gasteiger partial charge >= 0.3 is 5.97 Å². The molecule has 202 valence electrons. The molecule has 10 heteroatoms. The second-order valence-corrected chi connectivity index (χ2v) is 10.6. The summed E-state index contributed by atoms with van der Waals surface area (Å²) in [5.74, 6) is -1.55. The van der Waals surface area contributed by atoms with Crippen molar-refractivity contribution in [2.45, 2.75) is 42.6 Å². The predicted octanol–water partition coefficient (Wildman–Crippen LogP) is 4.08. The van der Waals surface area contributed by atoms with E-state index >= 15 is 0 Å². The van der Waals surface area contributed by atoms with Gasteiger partial charge in [-0.2, -0.15) is 4.72 Å². The molecule has 0 spiro atoms. The quantitative estimate of drug-likeness (QED) is 0.373. The minimum atomic E-state index is -4.18. The number of carbonyl (C=O) groups is 1. The van der Waals surface area contributed by atoms with E-state index in [9.17, 15) is 18.3 Å². The molecule has 1 aliphatic rings. The fourth-order valence-electron chi connectivity index (χ4n) is 4.23. The summed E-state index contributed by atoms with van der Waals surface area (Å²) in [7, 11) is -2.60. The highest BCUT2D eigenvalue weighted by molar-refractivity contribution is 7.89. The van der Waals surface area contributed by atoms with Gasteiger partial charge < -0.3 is 24.1 Å². The second-order valence-electron chi connectivity index (χ2n) is 8.90. The number of ether oxygens (including phenoxy) is 4.